The van der Waals surface area contributed by atoms with Crippen molar-refractivity contribution < 1.29 is 9.59 Å². The maximum absolute atomic E-state index is 13.0. The second-order valence-corrected chi connectivity index (χ2v) is 6.41. The summed E-state index contributed by atoms with van der Waals surface area (Å²) in [6, 6.07) is 19.5. The van der Waals surface area contributed by atoms with Crippen LogP contribution >= 0.6 is 0 Å². The minimum atomic E-state index is -0.438. The summed E-state index contributed by atoms with van der Waals surface area (Å²) in [5.74, 6) is -0.598. The van der Waals surface area contributed by atoms with Crippen molar-refractivity contribution in [1.82, 2.24) is 4.98 Å². The van der Waals surface area contributed by atoms with E-state index in [2.05, 4.69) is 10.3 Å². The Balaban J connectivity index is 1.55. The van der Waals surface area contributed by atoms with Crippen molar-refractivity contribution in [2.75, 3.05) is 16.8 Å². The van der Waals surface area contributed by atoms with Gasteiger partial charge in [0.05, 0.1) is 11.6 Å². The molecule has 0 unspecified atom stereocenters. The predicted octanol–water partition coefficient (Wildman–Crippen LogP) is 3.41. The van der Waals surface area contributed by atoms with Crippen molar-refractivity contribution in [2.45, 2.75) is 6.42 Å². The average molecular weight is 368 g/mol. The number of carbonyl (C=O) groups is 2. The average Bonchev–Trinajstić information content (AvgIpc) is 3.17. The molecule has 0 bridgehead atoms. The van der Waals surface area contributed by atoms with Crippen LogP contribution in [0, 0.1) is 11.3 Å². The first-order chi connectivity index (χ1) is 13.7. The van der Waals surface area contributed by atoms with Crippen LogP contribution in [0.15, 0.2) is 66.9 Å². The molecule has 1 aromatic heterocycles. The molecule has 0 saturated heterocycles. The maximum Gasteiger partial charge on any atom is 0.274 e. The van der Waals surface area contributed by atoms with E-state index < -0.39 is 5.91 Å². The highest BCUT2D eigenvalue weighted by Gasteiger charge is 2.25. The molecule has 2 amide bonds. The Bertz CT molecular complexity index is 1120. The van der Waals surface area contributed by atoms with Gasteiger partial charge in [-0.3, -0.25) is 14.6 Å². The molecule has 136 valence electrons. The molecule has 28 heavy (non-hydrogen) atoms. The second kappa shape index (κ2) is 7.33. The van der Waals surface area contributed by atoms with Crippen LogP contribution in [-0.4, -0.2) is 23.3 Å². The summed E-state index contributed by atoms with van der Waals surface area (Å²) in [7, 11) is 0. The van der Waals surface area contributed by atoms with E-state index in [9.17, 15) is 9.59 Å². The van der Waals surface area contributed by atoms with E-state index in [1.165, 1.54) is 12.3 Å². The van der Waals surface area contributed by atoms with Gasteiger partial charge in [0.25, 0.3) is 11.8 Å². The molecule has 4 rings (SSSR count). The third kappa shape index (κ3) is 3.33. The summed E-state index contributed by atoms with van der Waals surface area (Å²) in [6.45, 7) is 0.614. The molecule has 0 saturated carbocycles. The molecule has 6 heteroatoms. The highest BCUT2D eigenvalue weighted by atomic mass is 16.2. The summed E-state index contributed by atoms with van der Waals surface area (Å²) >= 11 is 0. The number of benzene rings is 2. The fourth-order valence-electron chi connectivity index (χ4n) is 3.25. The molecule has 1 N–H and O–H groups in total. The number of para-hydroxylation sites is 1. The van der Waals surface area contributed by atoms with Crippen molar-refractivity contribution in [3.05, 3.63) is 89.2 Å². The number of hydrogen-bond donors (Lipinski definition) is 1. The summed E-state index contributed by atoms with van der Waals surface area (Å²) in [5.41, 5.74) is 3.53. The summed E-state index contributed by atoms with van der Waals surface area (Å²) in [6.07, 6.45) is 2.27. The standard InChI is InChI=1S/C22H16N4O2/c23-14-15-4-3-6-18(12-15)25-21(27)19-13-17(8-10-24-19)22(28)26-11-9-16-5-1-2-7-20(16)26/h1-8,10,12-13H,9,11H2,(H,25,27). The third-order valence-electron chi connectivity index (χ3n) is 4.62. The predicted molar refractivity (Wildman–Crippen MR) is 105 cm³/mol. The molecule has 6 nitrogen and oxygen atoms in total. The number of fused-ring (bicyclic) bond motifs is 1. The number of nitriles is 1. The van der Waals surface area contributed by atoms with Crippen molar-refractivity contribution in [1.29, 1.82) is 5.26 Å². The van der Waals surface area contributed by atoms with E-state index in [1.54, 1.807) is 35.2 Å². The molecule has 3 aromatic rings. The molecular formula is C22H16N4O2. The Labute approximate surface area is 162 Å². The molecule has 0 radical (unpaired) electrons. The minimum absolute atomic E-state index is 0.140. The lowest BCUT2D eigenvalue weighted by Crippen LogP contribution is -2.29. The summed E-state index contributed by atoms with van der Waals surface area (Å²) in [5, 5.41) is 11.7. The van der Waals surface area contributed by atoms with Gasteiger partial charge in [-0.2, -0.15) is 5.26 Å². The zero-order valence-corrected chi connectivity index (χ0v) is 14.9. The second-order valence-electron chi connectivity index (χ2n) is 6.41. The molecule has 0 aliphatic carbocycles. The van der Waals surface area contributed by atoms with Crippen LogP contribution in [0.25, 0.3) is 0 Å². The lowest BCUT2D eigenvalue weighted by atomic mass is 10.1. The highest BCUT2D eigenvalue weighted by Crippen LogP contribution is 2.28. The molecule has 1 aliphatic heterocycles. The smallest absolute Gasteiger partial charge is 0.274 e. The van der Waals surface area contributed by atoms with Crippen LogP contribution in [0.1, 0.15) is 32.0 Å². The number of carbonyl (C=O) groups excluding carboxylic acids is 2. The fourth-order valence-corrected chi connectivity index (χ4v) is 3.25. The van der Waals surface area contributed by atoms with Crippen LogP contribution in [0.5, 0.6) is 0 Å². The van der Waals surface area contributed by atoms with E-state index in [-0.39, 0.29) is 11.6 Å². The number of nitrogens with one attached hydrogen (secondary N) is 1. The number of amides is 2. The molecule has 1 aliphatic rings. The van der Waals surface area contributed by atoms with Gasteiger partial charge in [-0.1, -0.05) is 24.3 Å². The third-order valence-corrected chi connectivity index (χ3v) is 4.62. The lowest BCUT2D eigenvalue weighted by molar-refractivity contribution is 0.0989. The molecule has 0 spiro atoms. The van der Waals surface area contributed by atoms with Crippen molar-refractivity contribution in [3.63, 3.8) is 0 Å². The van der Waals surface area contributed by atoms with Gasteiger partial charge in [0.1, 0.15) is 5.69 Å². The Kier molecular flexibility index (Phi) is 4.56. The molecule has 2 aromatic carbocycles. The normalized spacial score (nSPS) is 12.2. The van der Waals surface area contributed by atoms with Gasteiger partial charge in [0, 0.05) is 29.7 Å². The van der Waals surface area contributed by atoms with E-state index in [4.69, 9.17) is 5.26 Å². The van der Waals surface area contributed by atoms with E-state index in [1.807, 2.05) is 30.3 Å². The van der Waals surface area contributed by atoms with Gasteiger partial charge < -0.3 is 10.2 Å². The van der Waals surface area contributed by atoms with Crippen molar-refractivity contribution in [3.8, 4) is 6.07 Å². The fraction of sp³-hybridized carbons (Fsp3) is 0.0909. The largest absolute Gasteiger partial charge is 0.321 e. The number of nitrogens with zero attached hydrogens (tertiary/aromatic N) is 3. The zero-order valence-electron chi connectivity index (χ0n) is 14.9. The Hall–Kier alpha value is -3.98. The van der Waals surface area contributed by atoms with Gasteiger partial charge in [-0.15, -0.1) is 0 Å². The Morgan fingerprint density at radius 3 is 2.79 bits per heavy atom. The number of rotatable bonds is 3. The Morgan fingerprint density at radius 1 is 1.07 bits per heavy atom. The number of pyridine rings is 1. The van der Waals surface area contributed by atoms with Crippen LogP contribution in [-0.2, 0) is 6.42 Å². The van der Waals surface area contributed by atoms with E-state index in [0.29, 0.717) is 23.4 Å². The van der Waals surface area contributed by atoms with Crippen LogP contribution in [0.4, 0.5) is 11.4 Å². The van der Waals surface area contributed by atoms with Crippen molar-refractivity contribution in [2.24, 2.45) is 0 Å². The zero-order chi connectivity index (χ0) is 19.5. The number of hydrogen-bond acceptors (Lipinski definition) is 4. The quantitative estimate of drug-likeness (QED) is 0.768. The topological polar surface area (TPSA) is 86.1 Å². The first-order valence-corrected chi connectivity index (χ1v) is 8.83. The summed E-state index contributed by atoms with van der Waals surface area (Å²) < 4.78 is 0. The highest BCUT2D eigenvalue weighted by molar-refractivity contribution is 6.09. The lowest BCUT2D eigenvalue weighted by Gasteiger charge is -2.17. The van der Waals surface area contributed by atoms with Gasteiger partial charge >= 0.3 is 0 Å². The van der Waals surface area contributed by atoms with Crippen LogP contribution in [0.3, 0.4) is 0 Å². The van der Waals surface area contributed by atoms with Crippen molar-refractivity contribution >= 4 is 23.2 Å². The van der Waals surface area contributed by atoms with Gasteiger partial charge in [-0.25, -0.2) is 0 Å². The summed E-state index contributed by atoms with van der Waals surface area (Å²) in [4.78, 5) is 31.3. The minimum Gasteiger partial charge on any atom is -0.321 e. The van der Waals surface area contributed by atoms with E-state index in [0.717, 1.165) is 17.7 Å². The first kappa shape index (κ1) is 17.4. The molecule has 2 heterocycles. The molecule has 0 atom stereocenters. The van der Waals surface area contributed by atoms with Gasteiger partial charge in [-0.05, 0) is 48.4 Å². The monoisotopic (exact) mass is 368 g/mol. The van der Waals surface area contributed by atoms with Crippen LogP contribution < -0.4 is 10.2 Å². The van der Waals surface area contributed by atoms with Gasteiger partial charge in [0.2, 0.25) is 0 Å². The maximum atomic E-state index is 13.0. The van der Waals surface area contributed by atoms with E-state index >= 15 is 0 Å². The van der Waals surface area contributed by atoms with Gasteiger partial charge in [0.15, 0.2) is 0 Å². The number of aromatic nitrogens is 1. The first-order valence-electron chi connectivity index (χ1n) is 8.83. The molecule has 0 fully saturated rings. The molecular weight excluding hydrogens is 352 g/mol. The SMILES string of the molecule is N#Cc1cccc(NC(=O)c2cc(C(=O)N3CCc4ccccc43)ccn2)c1. The van der Waals surface area contributed by atoms with Crippen LogP contribution in [0.2, 0.25) is 0 Å². The Morgan fingerprint density at radius 2 is 1.93 bits per heavy atom. The number of anilines is 2.